The molecule has 1 aromatic carbocycles. The highest BCUT2D eigenvalue weighted by atomic mass is 19.1. The van der Waals surface area contributed by atoms with Crippen molar-refractivity contribution in [3.05, 3.63) is 51.6 Å². The van der Waals surface area contributed by atoms with Gasteiger partial charge in [-0.1, -0.05) is 0 Å². The van der Waals surface area contributed by atoms with E-state index in [9.17, 15) is 14.5 Å². The fourth-order valence-electron chi connectivity index (χ4n) is 1.46. The van der Waals surface area contributed by atoms with Gasteiger partial charge in [0.25, 0.3) is 5.69 Å². The van der Waals surface area contributed by atoms with Gasteiger partial charge in [-0.05, 0) is 13.0 Å². The van der Waals surface area contributed by atoms with Crippen molar-refractivity contribution in [2.45, 2.75) is 6.92 Å². The Morgan fingerprint density at radius 1 is 1.58 bits per heavy atom. The van der Waals surface area contributed by atoms with Crippen molar-refractivity contribution < 1.29 is 9.31 Å². The maximum absolute atomic E-state index is 13.5. The molecule has 0 bridgehead atoms. The highest BCUT2D eigenvalue weighted by Crippen LogP contribution is 2.15. The van der Waals surface area contributed by atoms with Crippen LogP contribution >= 0.6 is 0 Å². The maximum atomic E-state index is 13.5. The molecule has 0 aliphatic heterocycles. The minimum Gasteiger partial charge on any atom is -0.368 e. The fourth-order valence-corrected chi connectivity index (χ4v) is 1.46. The lowest BCUT2D eigenvalue weighted by Crippen LogP contribution is -1.98. The van der Waals surface area contributed by atoms with Gasteiger partial charge < -0.3 is 5.73 Å². The SMILES string of the molecule is Cc1cn(N=Cc2cc([N+](=O)[O-])ccc2F)c(N)n1. The van der Waals surface area contributed by atoms with E-state index >= 15 is 0 Å². The highest BCUT2D eigenvalue weighted by molar-refractivity contribution is 5.81. The van der Waals surface area contributed by atoms with E-state index in [-0.39, 0.29) is 17.2 Å². The molecule has 2 aromatic rings. The molecule has 2 rings (SSSR count). The van der Waals surface area contributed by atoms with Crippen LogP contribution in [0.4, 0.5) is 16.0 Å². The molecular formula is C11H10FN5O2. The molecule has 0 radical (unpaired) electrons. The van der Waals surface area contributed by atoms with Gasteiger partial charge in [0.1, 0.15) is 5.82 Å². The molecule has 0 aliphatic carbocycles. The molecule has 98 valence electrons. The summed E-state index contributed by atoms with van der Waals surface area (Å²) in [5, 5.41) is 14.5. The summed E-state index contributed by atoms with van der Waals surface area (Å²) >= 11 is 0. The number of non-ortho nitro benzene ring substituents is 1. The van der Waals surface area contributed by atoms with Crippen LogP contribution in [0.1, 0.15) is 11.3 Å². The number of halogens is 1. The van der Waals surface area contributed by atoms with E-state index in [1.807, 2.05) is 0 Å². The predicted molar refractivity (Wildman–Crippen MR) is 67.4 cm³/mol. The van der Waals surface area contributed by atoms with Crippen molar-refractivity contribution in [2.75, 3.05) is 5.73 Å². The van der Waals surface area contributed by atoms with Crippen LogP contribution in [0, 0.1) is 22.9 Å². The average Bonchev–Trinajstić information content (AvgIpc) is 2.66. The van der Waals surface area contributed by atoms with Gasteiger partial charge in [0.15, 0.2) is 0 Å². The van der Waals surface area contributed by atoms with Crippen molar-refractivity contribution in [2.24, 2.45) is 5.10 Å². The number of imidazole rings is 1. The Kier molecular flexibility index (Phi) is 3.23. The van der Waals surface area contributed by atoms with E-state index in [4.69, 9.17) is 5.73 Å². The number of hydrogen-bond donors (Lipinski definition) is 1. The number of nitrogens with two attached hydrogens (primary N) is 1. The normalized spacial score (nSPS) is 11.1. The molecule has 0 fully saturated rings. The lowest BCUT2D eigenvalue weighted by atomic mass is 10.2. The third-order valence-electron chi connectivity index (χ3n) is 2.35. The number of aromatic nitrogens is 2. The fraction of sp³-hybridized carbons (Fsp3) is 0.0909. The number of hydrogen-bond acceptors (Lipinski definition) is 5. The number of benzene rings is 1. The first-order valence-electron chi connectivity index (χ1n) is 5.27. The second kappa shape index (κ2) is 4.84. The first-order valence-corrected chi connectivity index (χ1v) is 5.27. The zero-order valence-electron chi connectivity index (χ0n) is 9.95. The zero-order valence-corrected chi connectivity index (χ0v) is 9.95. The molecule has 1 heterocycles. The zero-order chi connectivity index (χ0) is 14.0. The van der Waals surface area contributed by atoms with Crippen LogP contribution in [-0.2, 0) is 0 Å². The summed E-state index contributed by atoms with van der Waals surface area (Å²) in [7, 11) is 0. The standard InChI is InChI=1S/C11H10FN5O2/c1-7-6-16(11(13)15-7)14-5-8-4-9(17(18)19)2-3-10(8)12/h2-6H,1H3,(H2,13,15). The summed E-state index contributed by atoms with van der Waals surface area (Å²) in [5.74, 6) is -0.454. The largest absolute Gasteiger partial charge is 0.368 e. The molecule has 1 aromatic heterocycles. The monoisotopic (exact) mass is 263 g/mol. The average molecular weight is 263 g/mol. The number of nitro benzene ring substituents is 1. The molecule has 0 atom stereocenters. The molecule has 8 heteroatoms. The summed E-state index contributed by atoms with van der Waals surface area (Å²) in [6, 6.07) is 3.20. The van der Waals surface area contributed by atoms with Gasteiger partial charge >= 0.3 is 0 Å². The number of aryl methyl sites for hydroxylation is 1. The topological polar surface area (TPSA) is 99.3 Å². The number of nitrogens with zero attached hydrogens (tertiary/aromatic N) is 4. The quantitative estimate of drug-likeness (QED) is 0.517. The van der Waals surface area contributed by atoms with Gasteiger partial charge in [0.05, 0.1) is 23.0 Å². The smallest absolute Gasteiger partial charge is 0.270 e. The molecule has 0 unspecified atom stereocenters. The van der Waals surface area contributed by atoms with E-state index in [1.165, 1.54) is 4.68 Å². The molecule has 0 amide bonds. The third kappa shape index (κ3) is 2.73. The second-order valence-electron chi connectivity index (χ2n) is 3.79. The van der Waals surface area contributed by atoms with Gasteiger partial charge in [-0.3, -0.25) is 10.1 Å². The lowest BCUT2D eigenvalue weighted by Gasteiger charge is -1.98. The van der Waals surface area contributed by atoms with Crippen molar-refractivity contribution in [3.8, 4) is 0 Å². The van der Waals surface area contributed by atoms with Gasteiger partial charge in [-0.25, -0.2) is 14.1 Å². The summed E-state index contributed by atoms with van der Waals surface area (Å²) < 4.78 is 14.7. The minimum atomic E-state index is -0.607. The van der Waals surface area contributed by atoms with Crippen LogP contribution in [-0.4, -0.2) is 20.8 Å². The van der Waals surface area contributed by atoms with Crippen LogP contribution in [0.5, 0.6) is 0 Å². The second-order valence-corrected chi connectivity index (χ2v) is 3.79. The molecule has 7 nitrogen and oxygen atoms in total. The van der Waals surface area contributed by atoms with Gasteiger partial charge in [0.2, 0.25) is 5.95 Å². The number of nitro groups is 1. The molecule has 0 saturated heterocycles. The number of anilines is 1. The molecule has 2 N–H and O–H groups in total. The van der Waals surface area contributed by atoms with Crippen LogP contribution in [0.2, 0.25) is 0 Å². The maximum Gasteiger partial charge on any atom is 0.270 e. The summed E-state index contributed by atoms with van der Waals surface area (Å²) in [6.45, 7) is 1.73. The van der Waals surface area contributed by atoms with Crippen molar-refractivity contribution >= 4 is 17.9 Å². The number of nitrogen functional groups attached to an aromatic ring is 1. The highest BCUT2D eigenvalue weighted by Gasteiger charge is 2.09. The summed E-state index contributed by atoms with van der Waals surface area (Å²) in [6.07, 6.45) is 2.71. The van der Waals surface area contributed by atoms with Crippen LogP contribution in [0.25, 0.3) is 0 Å². The van der Waals surface area contributed by atoms with E-state index in [1.54, 1.807) is 13.1 Å². The van der Waals surface area contributed by atoms with Gasteiger partial charge in [-0.15, -0.1) is 0 Å². The third-order valence-corrected chi connectivity index (χ3v) is 2.35. The molecule has 19 heavy (non-hydrogen) atoms. The summed E-state index contributed by atoms with van der Waals surface area (Å²) in [5.41, 5.74) is 6.01. The Labute approximate surface area is 107 Å². The molecule has 0 saturated carbocycles. The Hall–Kier alpha value is -2.77. The summed E-state index contributed by atoms with van der Waals surface area (Å²) in [4.78, 5) is 13.9. The Morgan fingerprint density at radius 2 is 2.32 bits per heavy atom. The molecular weight excluding hydrogens is 253 g/mol. The van der Waals surface area contributed by atoms with Crippen LogP contribution < -0.4 is 5.73 Å². The van der Waals surface area contributed by atoms with E-state index in [0.717, 1.165) is 24.4 Å². The molecule has 0 aliphatic rings. The Balaban J connectivity index is 2.35. The first kappa shape index (κ1) is 12.7. The van der Waals surface area contributed by atoms with Crippen LogP contribution in [0.3, 0.4) is 0 Å². The number of rotatable bonds is 3. The Bertz CT molecular complexity index is 665. The van der Waals surface area contributed by atoms with E-state index in [2.05, 4.69) is 10.1 Å². The predicted octanol–water partition coefficient (Wildman–Crippen LogP) is 1.70. The van der Waals surface area contributed by atoms with Crippen molar-refractivity contribution in [3.63, 3.8) is 0 Å². The first-order chi connectivity index (χ1) is 8.97. The lowest BCUT2D eigenvalue weighted by molar-refractivity contribution is -0.384. The van der Waals surface area contributed by atoms with Crippen molar-refractivity contribution in [1.82, 2.24) is 9.66 Å². The van der Waals surface area contributed by atoms with E-state index < -0.39 is 10.7 Å². The van der Waals surface area contributed by atoms with Gasteiger partial charge in [0, 0.05) is 17.7 Å². The van der Waals surface area contributed by atoms with E-state index in [0.29, 0.717) is 5.69 Å². The minimum absolute atomic E-state index is 0.0000435. The van der Waals surface area contributed by atoms with Gasteiger partial charge in [-0.2, -0.15) is 5.10 Å². The Morgan fingerprint density at radius 3 is 2.89 bits per heavy atom. The van der Waals surface area contributed by atoms with Crippen molar-refractivity contribution in [1.29, 1.82) is 0 Å². The molecule has 0 spiro atoms. The van der Waals surface area contributed by atoms with Crippen LogP contribution in [0.15, 0.2) is 29.5 Å².